The number of hydrogen-bond acceptors (Lipinski definition) is 4. The molecule has 0 N–H and O–H groups in total. The minimum absolute atomic E-state index is 0.112. The van der Waals surface area contributed by atoms with E-state index in [0.29, 0.717) is 12.8 Å². The number of carbonyl (C=O) groups is 2. The highest BCUT2D eigenvalue weighted by Crippen LogP contribution is 2.25. The first-order chi connectivity index (χ1) is 18.7. The Bertz CT molecular complexity index is 499. The zero-order valence-corrected chi connectivity index (χ0v) is 25.6. The van der Waals surface area contributed by atoms with E-state index in [0.717, 1.165) is 51.4 Å². The molecule has 0 aromatic heterocycles. The van der Waals surface area contributed by atoms with Crippen molar-refractivity contribution in [3.05, 3.63) is 0 Å². The van der Waals surface area contributed by atoms with Gasteiger partial charge in [-0.1, -0.05) is 142 Å². The molecule has 38 heavy (non-hydrogen) atoms. The Labute approximate surface area is 236 Å². The minimum Gasteiger partial charge on any atom is -0.458 e. The first-order valence-corrected chi connectivity index (χ1v) is 17.1. The number of unbranched alkanes of at least 4 members (excludes halogenated alkanes) is 20. The molecule has 0 bridgehead atoms. The first-order valence-electron chi connectivity index (χ1n) is 17.1. The Balaban J connectivity index is 2.04. The molecule has 1 aliphatic rings. The van der Waals surface area contributed by atoms with Crippen LogP contribution in [0.3, 0.4) is 0 Å². The van der Waals surface area contributed by atoms with Crippen LogP contribution < -0.4 is 0 Å². The fraction of sp³-hybridized carbons (Fsp3) is 0.941. The van der Waals surface area contributed by atoms with Gasteiger partial charge in [-0.3, -0.25) is 9.59 Å². The summed E-state index contributed by atoms with van der Waals surface area (Å²) in [5, 5.41) is 0. The standard InChI is InChI=1S/C34H64O4/c1-3-5-7-9-11-13-15-17-19-21-23-29-33(35)37-31-27-25-26-28-32(31)38-34(36)30-24-22-20-18-16-14-12-10-8-6-4-2/h31-32H,3-30H2,1-2H3. The molecule has 1 fully saturated rings. The summed E-state index contributed by atoms with van der Waals surface area (Å²) in [4.78, 5) is 24.8. The molecule has 0 heterocycles. The van der Waals surface area contributed by atoms with Crippen molar-refractivity contribution >= 4 is 11.9 Å². The van der Waals surface area contributed by atoms with Gasteiger partial charge in [-0.05, 0) is 38.5 Å². The van der Waals surface area contributed by atoms with Gasteiger partial charge in [0.05, 0.1) is 0 Å². The number of ether oxygens (including phenoxy) is 2. The van der Waals surface area contributed by atoms with E-state index in [2.05, 4.69) is 13.8 Å². The van der Waals surface area contributed by atoms with Crippen molar-refractivity contribution in [3.8, 4) is 0 Å². The second-order valence-electron chi connectivity index (χ2n) is 11.9. The van der Waals surface area contributed by atoms with Crippen LogP contribution in [0, 0.1) is 0 Å². The number of hydrogen-bond donors (Lipinski definition) is 0. The molecular formula is C34H64O4. The van der Waals surface area contributed by atoms with E-state index in [1.54, 1.807) is 0 Å². The van der Waals surface area contributed by atoms with Gasteiger partial charge in [0.1, 0.15) is 12.2 Å². The van der Waals surface area contributed by atoms with Gasteiger partial charge in [-0.15, -0.1) is 0 Å². The molecule has 0 saturated heterocycles. The molecule has 224 valence electrons. The van der Waals surface area contributed by atoms with E-state index >= 15 is 0 Å². The maximum atomic E-state index is 12.4. The van der Waals surface area contributed by atoms with Gasteiger partial charge in [0.15, 0.2) is 0 Å². The van der Waals surface area contributed by atoms with Crippen LogP contribution in [-0.2, 0) is 19.1 Å². The third-order valence-corrected chi connectivity index (χ3v) is 8.18. The fourth-order valence-corrected chi connectivity index (χ4v) is 5.66. The Morgan fingerprint density at radius 3 is 1.00 bits per heavy atom. The predicted octanol–water partition coefficient (Wildman–Crippen LogP) is 10.8. The Morgan fingerprint density at radius 2 is 0.711 bits per heavy atom. The van der Waals surface area contributed by atoms with Gasteiger partial charge in [-0.2, -0.15) is 0 Å². The number of rotatable bonds is 26. The Hall–Kier alpha value is -1.06. The lowest BCUT2D eigenvalue weighted by molar-refractivity contribution is -0.171. The summed E-state index contributed by atoms with van der Waals surface area (Å²) in [5.41, 5.74) is 0. The third kappa shape index (κ3) is 20.8. The average molecular weight is 537 g/mol. The van der Waals surface area contributed by atoms with E-state index in [4.69, 9.17) is 9.47 Å². The van der Waals surface area contributed by atoms with E-state index < -0.39 is 0 Å². The lowest BCUT2D eigenvalue weighted by Gasteiger charge is -2.30. The van der Waals surface area contributed by atoms with E-state index in [-0.39, 0.29) is 24.1 Å². The summed E-state index contributed by atoms with van der Waals surface area (Å²) in [6, 6.07) is 0. The molecular weight excluding hydrogens is 472 g/mol. The predicted molar refractivity (Wildman–Crippen MR) is 160 cm³/mol. The van der Waals surface area contributed by atoms with Crippen LogP contribution in [0.5, 0.6) is 0 Å². The van der Waals surface area contributed by atoms with Crippen LogP contribution in [-0.4, -0.2) is 24.1 Å². The van der Waals surface area contributed by atoms with Crippen molar-refractivity contribution in [2.75, 3.05) is 0 Å². The van der Waals surface area contributed by atoms with E-state index in [1.165, 1.54) is 116 Å². The second-order valence-corrected chi connectivity index (χ2v) is 11.9. The van der Waals surface area contributed by atoms with Gasteiger partial charge < -0.3 is 9.47 Å². The molecule has 0 aliphatic heterocycles. The van der Waals surface area contributed by atoms with Gasteiger partial charge in [0.2, 0.25) is 0 Å². The normalized spacial score (nSPS) is 17.4. The first kappa shape index (κ1) is 35.0. The van der Waals surface area contributed by atoms with Crippen molar-refractivity contribution in [2.45, 2.75) is 206 Å². The molecule has 0 radical (unpaired) electrons. The van der Waals surface area contributed by atoms with Crippen molar-refractivity contribution in [1.82, 2.24) is 0 Å². The fourth-order valence-electron chi connectivity index (χ4n) is 5.66. The molecule has 1 aliphatic carbocycles. The highest BCUT2D eigenvalue weighted by molar-refractivity contribution is 5.70. The molecule has 4 nitrogen and oxygen atoms in total. The monoisotopic (exact) mass is 536 g/mol. The highest BCUT2D eigenvalue weighted by Gasteiger charge is 2.31. The van der Waals surface area contributed by atoms with Crippen molar-refractivity contribution in [1.29, 1.82) is 0 Å². The molecule has 0 spiro atoms. The van der Waals surface area contributed by atoms with Crippen molar-refractivity contribution < 1.29 is 19.1 Å². The van der Waals surface area contributed by atoms with Crippen LogP contribution in [0.2, 0.25) is 0 Å². The maximum absolute atomic E-state index is 12.4. The molecule has 1 rings (SSSR count). The molecule has 0 aromatic carbocycles. The zero-order chi connectivity index (χ0) is 27.5. The van der Waals surface area contributed by atoms with Gasteiger partial charge in [-0.25, -0.2) is 0 Å². The maximum Gasteiger partial charge on any atom is 0.306 e. The smallest absolute Gasteiger partial charge is 0.306 e. The molecule has 4 heteroatoms. The summed E-state index contributed by atoms with van der Waals surface area (Å²) in [5.74, 6) is -0.224. The van der Waals surface area contributed by atoms with E-state index in [9.17, 15) is 9.59 Å². The summed E-state index contributed by atoms with van der Waals surface area (Å²) in [7, 11) is 0. The van der Waals surface area contributed by atoms with Gasteiger partial charge >= 0.3 is 11.9 Å². The number of esters is 2. The summed E-state index contributed by atoms with van der Waals surface area (Å²) in [6.45, 7) is 4.53. The summed E-state index contributed by atoms with van der Waals surface area (Å²) >= 11 is 0. The van der Waals surface area contributed by atoms with Crippen LogP contribution >= 0.6 is 0 Å². The second kappa shape index (κ2) is 26.2. The molecule has 0 amide bonds. The van der Waals surface area contributed by atoms with Crippen LogP contribution in [0.25, 0.3) is 0 Å². The Morgan fingerprint density at radius 1 is 0.447 bits per heavy atom. The molecule has 2 atom stereocenters. The van der Waals surface area contributed by atoms with Crippen molar-refractivity contribution in [2.24, 2.45) is 0 Å². The molecule has 0 aromatic rings. The lowest BCUT2D eigenvalue weighted by atomic mass is 9.94. The number of carbonyl (C=O) groups excluding carboxylic acids is 2. The summed E-state index contributed by atoms with van der Waals surface area (Å²) < 4.78 is 11.6. The SMILES string of the molecule is CCCCCCCCCCCCCC(=O)OC1CCCCC1OC(=O)CCCCCCCCCCCCC. The van der Waals surface area contributed by atoms with Crippen LogP contribution in [0.1, 0.15) is 194 Å². The van der Waals surface area contributed by atoms with Crippen LogP contribution in [0.15, 0.2) is 0 Å². The topological polar surface area (TPSA) is 52.6 Å². The quantitative estimate of drug-likeness (QED) is 0.0814. The van der Waals surface area contributed by atoms with Gasteiger partial charge in [0, 0.05) is 12.8 Å². The van der Waals surface area contributed by atoms with Crippen LogP contribution in [0.4, 0.5) is 0 Å². The van der Waals surface area contributed by atoms with E-state index in [1.807, 2.05) is 0 Å². The zero-order valence-electron chi connectivity index (χ0n) is 25.6. The highest BCUT2D eigenvalue weighted by atomic mass is 16.6. The molecule has 1 saturated carbocycles. The summed E-state index contributed by atoms with van der Waals surface area (Å²) in [6.07, 6.45) is 32.3. The average Bonchev–Trinajstić information content (AvgIpc) is 2.91. The van der Waals surface area contributed by atoms with Crippen molar-refractivity contribution in [3.63, 3.8) is 0 Å². The Kier molecular flexibility index (Phi) is 24.1. The van der Waals surface area contributed by atoms with Gasteiger partial charge in [0.25, 0.3) is 0 Å². The largest absolute Gasteiger partial charge is 0.458 e. The minimum atomic E-state index is -0.245. The third-order valence-electron chi connectivity index (χ3n) is 8.18. The molecule has 2 unspecified atom stereocenters. The lowest BCUT2D eigenvalue weighted by Crippen LogP contribution is -2.37.